The number of rotatable bonds is 3. The van der Waals surface area contributed by atoms with Crippen LogP contribution < -0.4 is 0 Å². The first-order chi connectivity index (χ1) is 12.2. The van der Waals surface area contributed by atoms with Gasteiger partial charge in [0.25, 0.3) is 0 Å². The molecule has 1 aliphatic heterocycles. The van der Waals surface area contributed by atoms with Gasteiger partial charge in [0.2, 0.25) is 0 Å². The van der Waals surface area contributed by atoms with Crippen molar-refractivity contribution in [3.05, 3.63) is 81.8 Å². The zero-order valence-corrected chi connectivity index (χ0v) is 14.9. The Morgan fingerprint density at radius 2 is 1.96 bits per heavy atom. The highest BCUT2D eigenvalue weighted by Crippen LogP contribution is 2.30. The lowest BCUT2D eigenvalue weighted by Gasteiger charge is -2.12. The average molecular weight is 398 g/mol. The lowest BCUT2D eigenvalue weighted by Crippen LogP contribution is -2.08. The van der Waals surface area contributed by atoms with Gasteiger partial charge in [-0.2, -0.15) is 0 Å². The van der Waals surface area contributed by atoms with Crippen LogP contribution in [0.2, 0.25) is 0 Å². The topological polar surface area (TPSA) is 70.6 Å². The van der Waals surface area contributed by atoms with Crippen molar-refractivity contribution in [2.75, 3.05) is 6.61 Å². The first kappa shape index (κ1) is 16.2. The molecule has 0 spiro atoms. The van der Waals surface area contributed by atoms with Crippen LogP contribution in [0.1, 0.15) is 28.6 Å². The van der Waals surface area contributed by atoms with Crippen LogP contribution in [-0.2, 0) is 6.54 Å². The third-order valence-corrected chi connectivity index (χ3v) is 4.79. The average Bonchev–Trinajstić information content (AvgIpc) is 2.99. The summed E-state index contributed by atoms with van der Waals surface area (Å²) < 4.78 is 2.91. The minimum Gasteiger partial charge on any atom is -0.393 e. The fourth-order valence-electron chi connectivity index (χ4n) is 3.11. The van der Waals surface area contributed by atoms with Crippen molar-refractivity contribution >= 4 is 21.6 Å². The summed E-state index contributed by atoms with van der Waals surface area (Å²) in [6, 6.07) is 16.0. The molecule has 25 heavy (non-hydrogen) atoms. The predicted octanol–water partition coefficient (Wildman–Crippen LogP) is 3.01. The lowest BCUT2D eigenvalue weighted by molar-refractivity contribution is 0.0918. The summed E-state index contributed by atoms with van der Waals surface area (Å²) in [4.78, 5) is 9.11. The number of aromatic nitrogens is 2. The van der Waals surface area contributed by atoms with Crippen LogP contribution in [0.4, 0.5) is 0 Å². The molecule has 1 unspecified atom stereocenters. The second-order valence-corrected chi connectivity index (χ2v) is 6.75. The molecule has 0 bridgehead atoms. The SMILES string of the molecule is OCC(O)c1ncn2c1CN=C(c1ccccc1)c1cc(Br)ccc1-2. The Morgan fingerprint density at radius 1 is 1.16 bits per heavy atom. The summed E-state index contributed by atoms with van der Waals surface area (Å²) in [6.45, 7) is 0.00931. The number of aliphatic hydroxyl groups is 2. The van der Waals surface area contributed by atoms with E-state index < -0.39 is 6.10 Å². The van der Waals surface area contributed by atoms with Crippen LogP contribution in [0, 0.1) is 0 Å². The molecule has 2 N–H and O–H groups in total. The molecule has 2 heterocycles. The molecule has 1 aliphatic rings. The molecule has 0 amide bonds. The molecule has 6 heteroatoms. The van der Waals surface area contributed by atoms with Crippen molar-refractivity contribution in [3.8, 4) is 5.69 Å². The molecule has 0 radical (unpaired) electrons. The summed E-state index contributed by atoms with van der Waals surface area (Å²) in [5.41, 5.74) is 5.12. The van der Waals surface area contributed by atoms with E-state index in [0.717, 1.165) is 32.7 Å². The number of aliphatic imine (C=N–C) groups is 1. The van der Waals surface area contributed by atoms with Crippen molar-refractivity contribution in [3.63, 3.8) is 0 Å². The van der Waals surface area contributed by atoms with Gasteiger partial charge in [-0.25, -0.2) is 4.98 Å². The third kappa shape index (κ3) is 2.82. The van der Waals surface area contributed by atoms with E-state index in [1.165, 1.54) is 0 Å². The van der Waals surface area contributed by atoms with E-state index in [-0.39, 0.29) is 6.61 Å². The van der Waals surface area contributed by atoms with Gasteiger partial charge in [0.15, 0.2) is 0 Å². The lowest BCUT2D eigenvalue weighted by atomic mass is 10.0. The Hall–Kier alpha value is -2.28. The van der Waals surface area contributed by atoms with Crippen molar-refractivity contribution < 1.29 is 10.2 Å². The summed E-state index contributed by atoms with van der Waals surface area (Å²) in [5.74, 6) is 0. The van der Waals surface area contributed by atoms with E-state index in [9.17, 15) is 10.2 Å². The number of nitrogens with zero attached hydrogens (tertiary/aromatic N) is 3. The van der Waals surface area contributed by atoms with Crippen LogP contribution >= 0.6 is 15.9 Å². The van der Waals surface area contributed by atoms with Crippen molar-refractivity contribution in [2.45, 2.75) is 12.6 Å². The van der Waals surface area contributed by atoms with Crippen LogP contribution in [0.25, 0.3) is 5.69 Å². The van der Waals surface area contributed by atoms with Gasteiger partial charge in [-0.05, 0) is 18.2 Å². The molecule has 0 saturated carbocycles. The first-order valence-electron chi connectivity index (χ1n) is 7.94. The molecule has 0 aliphatic carbocycles. The van der Waals surface area contributed by atoms with Gasteiger partial charge < -0.3 is 14.8 Å². The van der Waals surface area contributed by atoms with E-state index in [1.807, 2.05) is 53.1 Å². The van der Waals surface area contributed by atoms with E-state index >= 15 is 0 Å². The minimum absolute atomic E-state index is 0.369. The molecule has 5 nitrogen and oxygen atoms in total. The zero-order valence-electron chi connectivity index (χ0n) is 13.3. The Balaban J connectivity index is 1.95. The molecular formula is C19H16BrN3O2. The summed E-state index contributed by atoms with van der Waals surface area (Å²) in [5, 5.41) is 19.4. The van der Waals surface area contributed by atoms with Crippen LogP contribution in [-0.4, -0.2) is 32.1 Å². The number of imidazole rings is 1. The molecule has 1 atom stereocenters. The maximum absolute atomic E-state index is 10.1. The number of hydrogen-bond donors (Lipinski definition) is 2. The maximum atomic E-state index is 10.1. The monoisotopic (exact) mass is 397 g/mol. The van der Waals surface area contributed by atoms with E-state index in [2.05, 4.69) is 20.9 Å². The summed E-state index contributed by atoms with van der Waals surface area (Å²) in [6.07, 6.45) is 0.670. The van der Waals surface area contributed by atoms with Gasteiger partial charge in [0.05, 0.1) is 42.3 Å². The number of halogens is 1. The molecule has 4 rings (SSSR count). The number of aliphatic hydroxyl groups excluding tert-OH is 2. The Bertz CT molecular complexity index is 951. The summed E-state index contributed by atoms with van der Waals surface area (Å²) >= 11 is 3.54. The van der Waals surface area contributed by atoms with Crippen LogP contribution in [0.3, 0.4) is 0 Å². The molecule has 126 valence electrons. The highest BCUT2D eigenvalue weighted by molar-refractivity contribution is 9.10. The first-order valence-corrected chi connectivity index (χ1v) is 8.73. The van der Waals surface area contributed by atoms with Gasteiger partial charge in [0.1, 0.15) is 6.10 Å². The molecule has 3 aromatic rings. The third-order valence-electron chi connectivity index (χ3n) is 4.29. The van der Waals surface area contributed by atoms with E-state index in [0.29, 0.717) is 12.2 Å². The second kappa shape index (κ2) is 6.55. The van der Waals surface area contributed by atoms with Gasteiger partial charge in [-0.3, -0.25) is 4.99 Å². The Morgan fingerprint density at radius 3 is 2.72 bits per heavy atom. The highest BCUT2D eigenvalue weighted by Gasteiger charge is 2.24. The minimum atomic E-state index is -1.01. The standard InChI is InChI=1S/C19H16BrN3O2/c20-13-6-7-15-14(8-13)18(12-4-2-1-3-5-12)21-9-16-19(17(25)10-24)22-11-23(15)16/h1-8,11,17,24-25H,9-10H2. The number of fused-ring (bicyclic) bond motifs is 3. The van der Waals surface area contributed by atoms with Gasteiger partial charge in [-0.1, -0.05) is 46.3 Å². The summed E-state index contributed by atoms with van der Waals surface area (Å²) in [7, 11) is 0. The Kier molecular flexibility index (Phi) is 4.25. The van der Waals surface area contributed by atoms with Gasteiger partial charge >= 0.3 is 0 Å². The predicted molar refractivity (Wildman–Crippen MR) is 99.1 cm³/mol. The molecule has 0 saturated heterocycles. The maximum Gasteiger partial charge on any atom is 0.121 e. The normalized spacial score (nSPS) is 14.3. The van der Waals surface area contributed by atoms with Crippen LogP contribution in [0.15, 0.2) is 64.3 Å². The Labute approximate surface area is 153 Å². The quantitative estimate of drug-likeness (QED) is 0.713. The van der Waals surface area contributed by atoms with Crippen molar-refractivity contribution in [2.24, 2.45) is 4.99 Å². The number of benzene rings is 2. The smallest absolute Gasteiger partial charge is 0.121 e. The molecule has 2 aromatic carbocycles. The van der Waals surface area contributed by atoms with Crippen LogP contribution in [0.5, 0.6) is 0 Å². The van der Waals surface area contributed by atoms with E-state index in [1.54, 1.807) is 6.33 Å². The van der Waals surface area contributed by atoms with Crippen molar-refractivity contribution in [1.82, 2.24) is 9.55 Å². The number of hydrogen-bond acceptors (Lipinski definition) is 4. The molecule has 1 aromatic heterocycles. The zero-order chi connectivity index (χ0) is 17.4. The fourth-order valence-corrected chi connectivity index (χ4v) is 3.47. The largest absolute Gasteiger partial charge is 0.393 e. The van der Waals surface area contributed by atoms with Gasteiger partial charge in [-0.15, -0.1) is 0 Å². The highest BCUT2D eigenvalue weighted by atomic mass is 79.9. The fraction of sp³-hybridized carbons (Fsp3) is 0.158. The van der Waals surface area contributed by atoms with Crippen molar-refractivity contribution in [1.29, 1.82) is 0 Å². The molecular weight excluding hydrogens is 382 g/mol. The van der Waals surface area contributed by atoms with Gasteiger partial charge in [0, 0.05) is 15.6 Å². The van der Waals surface area contributed by atoms with E-state index in [4.69, 9.17) is 4.99 Å². The second-order valence-electron chi connectivity index (χ2n) is 5.84. The molecule has 0 fully saturated rings.